The molecule has 0 aliphatic carbocycles. The lowest BCUT2D eigenvalue weighted by molar-refractivity contribution is -0.719. The molecule has 78 valence electrons. The number of azide groups is 1. The summed E-state index contributed by atoms with van der Waals surface area (Å²) >= 11 is 0. The van der Waals surface area contributed by atoms with Crippen LogP contribution < -0.4 is 9.90 Å². The van der Waals surface area contributed by atoms with Crippen LogP contribution in [0, 0.1) is 0 Å². The third-order valence-electron chi connectivity index (χ3n) is 1.62. The molecule has 12 nitrogen and oxygen atoms in total. The summed E-state index contributed by atoms with van der Waals surface area (Å²) in [6.45, 7) is 0. The van der Waals surface area contributed by atoms with Crippen LogP contribution in [-0.4, -0.2) is 25.7 Å². The van der Waals surface area contributed by atoms with Crippen LogP contribution in [0.25, 0.3) is 27.6 Å². The molecule has 3 rings (SSSR count). The molecule has 0 atom stereocenters. The topological polar surface area (TPSA) is 157 Å². The first-order valence-electron chi connectivity index (χ1n) is 3.82. The van der Waals surface area contributed by atoms with E-state index in [1.807, 2.05) is 0 Å². The number of hydrogen-bond acceptors (Lipinski definition) is 8. The summed E-state index contributed by atoms with van der Waals surface area (Å²) in [5, 5.41) is 24.7. The van der Waals surface area contributed by atoms with Crippen LogP contribution in [0.1, 0.15) is 0 Å². The second-order valence-corrected chi connectivity index (χ2v) is 2.50. The zero-order valence-electron chi connectivity index (χ0n) is 7.29. The van der Waals surface area contributed by atoms with Gasteiger partial charge in [0, 0.05) is 4.91 Å². The SMILES string of the molecule is [N-]=[N+]=Nc1nonc1-[n+]1nc2nonc2[n-]1. The molecule has 0 fully saturated rings. The fourth-order valence-electron chi connectivity index (χ4n) is 1.01. The zero-order valence-corrected chi connectivity index (χ0v) is 7.29. The molecule has 0 aliphatic rings. The molecule has 0 aliphatic heterocycles. The summed E-state index contributed by atoms with van der Waals surface area (Å²) in [4.78, 5) is 3.58. The smallest absolute Gasteiger partial charge is 0.312 e. The van der Waals surface area contributed by atoms with E-state index >= 15 is 0 Å². The summed E-state index contributed by atoms with van der Waals surface area (Å²) < 4.78 is 8.77. The van der Waals surface area contributed by atoms with E-state index in [2.05, 4.69) is 50.1 Å². The van der Waals surface area contributed by atoms with Crippen molar-refractivity contribution in [2.45, 2.75) is 0 Å². The molecule has 0 bridgehead atoms. The molecule has 0 saturated carbocycles. The fourth-order valence-corrected chi connectivity index (χ4v) is 1.01. The summed E-state index contributed by atoms with van der Waals surface area (Å²) in [5.41, 5.74) is 8.65. The Morgan fingerprint density at radius 3 is 2.94 bits per heavy atom. The lowest BCUT2D eigenvalue weighted by atomic mass is 10.7. The van der Waals surface area contributed by atoms with E-state index < -0.39 is 0 Å². The largest absolute Gasteiger partial charge is 0.426 e. The summed E-state index contributed by atoms with van der Waals surface area (Å²) in [7, 11) is 0. The molecule has 16 heavy (non-hydrogen) atoms. The Kier molecular flexibility index (Phi) is 1.56. The predicted octanol–water partition coefficient (Wildman–Crippen LogP) is -0.824. The van der Waals surface area contributed by atoms with Crippen LogP contribution >= 0.6 is 0 Å². The summed E-state index contributed by atoms with van der Waals surface area (Å²) in [6, 6.07) is 0. The van der Waals surface area contributed by atoms with Crippen molar-refractivity contribution in [1.82, 2.24) is 30.8 Å². The van der Waals surface area contributed by atoms with E-state index in [0.29, 0.717) is 0 Å². The number of nitrogens with zero attached hydrogens (tertiary/aromatic N) is 10. The summed E-state index contributed by atoms with van der Waals surface area (Å²) in [6.07, 6.45) is 0. The van der Waals surface area contributed by atoms with Gasteiger partial charge in [-0.25, -0.2) is 0 Å². The first kappa shape index (κ1) is 8.31. The first-order chi connectivity index (χ1) is 7.88. The van der Waals surface area contributed by atoms with Gasteiger partial charge in [0.2, 0.25) is 0 Å². The zero-order chi connectivity index (χ0) is 11.0. The van der Waals surface area contributed by atoms with E-state index in [-0.39, 0.29) is 22.9 Å². The molecule has 3 aromatic heterocycles. The standard InChI is InChI=1S/C4N10O2/c5-13-6-3-4(12-16-11-3)14-7-1-2(8-14)10-15-9-1. The van der Waals surface area contributed by atoms with Crippen LogP contribution in [0.2, 0.25) is 0 Å². The van der Waals surface area contributed by atoms with Crippen molar-refractivity contribution in [3.63, 3.8) is 0 Å². The number of rotatable bonds is 2. The highest BCUT2D eigenvalue weighted by Gasteiger charge is 2.21. The second-order valence-electron chi connectivity index (χ2n) is 2.50. The molecule has 0 unspecified atom stereocenters. The molecule has 3 aromatic rings. The Morgan fingerprint density at radius 2 is 2.12 bits per heavy atom. The van der Waals surface area contributed by atoms with Crippen molar-refractivity contribution in [3.05, 3.63) is 10.4 Å². The van der Waals surface area contributed by atoms with Gasteiger partial charge in [0.05, 0.1) is 0 Å². The van der Waals surface area contributed by atoms with Gasteiger partial charge in [-0.2, -0.15) is 15.4 Å². The third-order valence-corrected chi connectivity index (χ3v) is 1.62. The second kappa shape index (κ2) is 2.99. The fraction of sp³-hybridized carbons (Fsp3) is 0. The van der Waals surface area contributed by atoms with E-state index in [0.717, 1.165) is 4.80 Å². The van der Waals surface area contributed by atoms with Crippen molar-refractivity contribution in [3.8, 4) is 5.82 Å². The molecular weight excluding hydrogens is 220 g/mol. The Bertz CT molecular complexity index is 656. The molecular formula is C4N10O2. The quantitative estimate of drug-likeness (QED) is 0.234. The average molecular weight is 220 g/mol. The maximum atomic E-state index is 8.27. The Labute approximate surface area is 84.4 Å². The lowest BCUT2D eigenvalue weighted by Gasteiger charge is -1.85. The molecule has 0 saturated heterocycles. The van der Waals surface area contributed by atoms with E-state index in [4.69, 9.17) is 5.53 Å². The molecule has 0 aromatic carbocycles. The molecule has 0 amide bonds. The van der Waals surface area contributed by atoms with Crippen molar-refractivity contribution >= 4 is 17.1 Å². The maximum Gasteiger partial charge on any atom is 0.426 e. The van der Waals surface area contributed by atoms with Gasteiger partial charge in [0.25, 0.3) is 5.82 Å². The number of fused-ring (bicyclic) bond motifs is 1. The van der Waals surface area contributed by atoms with Gasteiger partial charge < -0.3 is 4.63 Å². The van der Waals surface area contributed by atoms with Gasteiger partial charge >= 0.3 is 5.82 Å². The Morgan fingerprint density at radius 1 is 1.25 bits per heavy atom. The van der Waals surface area contributed by atoms with Crippen LogP contribution in [-0.2, 0) is 0 Å². The molecule has 0 radical (unpaired) electrons. The number of aromatic nitrogens is 7. The van der Waals surface area contributed by atoms with Crippen LogP contribution in [0.15, 0.2) is 14.4 Å². The monoisotopic (exact) mass is 220 g/mol. The van der Waals surface area contributed by atoms with Gasteiger partial charge in [0.1, 0.15) is 5.65 Å². The van der Waals surface area contributed by atoms with E-state index in [1.165, 1.54) is 0 Å². The van der Waals surface area contributed by atoms with E-state index in [1.54, 1.807) is 0 Å². The maximum absolute atomic E-state index is 8.27. The minimum Gasteiger partial charge on any atom is -0.312 e. The van der Waals surface area contributed by atoms with Crippen molar-refractivity contribution in [1.29, 1.82) is 0 Å². The van der Waals surface area contributed by atoms with Gasteiger partial charge in [-0.15, -0.1) is 9.43 Å². The average Bonchev–Trinajstić information content (AvgIpc) is 2.88. The molecule has 0 N–H and O–H groups in total. The minimum atomic E-state index is -0.0860. The van der Waals surface area contributed by atoms with Crippen molar-refractivity contribution in [2.75, 3.05) is 0 Å². The highest BCUT2D eigenvalue weighted by molar-refractivity contribution is 5.59. The van der Waals surface area contributed by atoms with Crippen molar-refractivity contribution in [2.24, 2.45) is 5.11 Å². The highest BCUT2D eigenvalue weighted by Crippen LogP contribution is 2.12. The predicted molar refractivity (Wildman–Crippen MR) is 41.1 cm³/mol. The third kappa shape index (κ3) is 1.07. The molecule has 3 heterocycles. The van der Waals surface area contributed by atoms with Gasteiger partial charge in [-0.3, -0.25) is 0 Å². The molecule has 0 spiro atoms. The Hall–Kier alpha value is -3.01. The van der Waals surface area contributed by atoms with Gasteiger partial charge in [-0.05, 0) is 15.8 Å². The highest BCUT2D eigenvalue weighted by atomic mass is 16.6. The van der Waals surface area contributed by atoms with Gasteiger partial charge in [-0.1, -0.05) is 5.16 Å². The minimum absolute atomic E-state index is 0.0394. The van der Waals surface area contributed by atoms with Crippen molar-refractivity contribution < 1.29 is 14.1 Å². The normalized spacial score (nSPS) is 10.5. The lowest BCUT2D eigenvalue weighted by Crippen LogP contribution is -2.38. The summed E-state index contributed by atoms with van der Waals surface area (Å²) in [5.74, 6) is -0.0466. The first-order valence-corrected chi connectivity index (χ1v) is 3.82. The van der Waals surface area contributed by atoms with Crippen LogP contribution in [0.4, 0.5) is 5.82 Å². The van der Waals surface area contributed by atoms with E-state index in [9.17, 15) is 0 Å². The molecule has 12 heteroatoms. The van der Waals surface area contributed by atoms with Gasteiger partial charge in [0.15, 0.2) is 10.8 Å². The number of hydrogen-bond donors (Lipinski definition) is 0. The Balaban J connectivity index is 2.18. The van der Waals surface area contributed by atoms with Crippen LogP contribution in [0.3, 0.4) is 0 Å². The van der Waals surface area contributed by atoms with Crippen LogP contribution in [0.5, 0.6) is 0 Å².